The van der Waals surface area contributed by atoms with Gasteiger partial charge in [-0.2, -0.15) is 0 Å². The molecule has 4 rings (SSSR count). The van der Waals surface area contributed by atoms with Gasteiger partial charge in [0, 0.05) is 42.8 Å². The van der Waals surface area contributed by atoms with Gasteiger partial charge in [-0.1, -0.05) is 36.4 Å². The summed E-state index contributed by atoms with van der Waals surface area (Å²) in [5, 5.41) is 13.2. The Hall–Kier alpha value is -3.56. The van der Waals surface area contributed by atoms with Crippen LogP contribution in [-0.4, -0.2) is 59.9 Å². The van der Waals surface area contributed by atoms with Crippen LogP contribution >= 0.6 is 11.3 Å². The molecule has 8 nitrogen and oxygen atoms in total. The lowest BCUT2D eigenvalue weighted by molar-refractivity contribution is -0.384. The van der Waals surface area contributed by atoms with Gasteiger partial charge in [-0.05, 0) is 35.1 Å². The Balaban J connectivity index is 1.60. The highest BCUT2D eigenvalue weighted by atomic mass is 32.1. The molecule has 1 atom stereocenters. The maximum Gasteiger partial charge on any atom is 0.270 e. The number of methoxy groups -OCH3 is 1. The second-order valence-electron chi connectivity index (χ2n) is 7.98. The van der Waals surface area contributed by atoms with Gasteiger partial charge in [-0.25, -0.2) is 0 Å². The Morgan fingerprint density at radius 3 is 2.71 bits per heavy atom. The lowest BCUT2D eigenvalue weighted by Crippen LogP contribution is -2.47. The molecule has 1 aliphatic heterocycles. The number of rotatable bonds is 8. The molecule has 0 bridgehead atoms. The quantitative estimate of drug-likeness (QED) is 0.361. The second kappa shape index (κ2) is 10.6. The Labute approximate surface area is 201 Å². The van der Waals surface area contributed by atoms with E-state index in [1.807, 2.05) is 40.6 Å². The number of carbonyl (C=O) groups excluding carboxylic acids is 2. The van der Waals surface area contributed by atoms with Crippen molar-refractivity contribution in [3.8, 4) is 0 Å². The van der Waals surface area contributed by atoms with E-state index in [9.17, 15) is 19.7 Å². The number of hydrogen-bond donors (Lipinski definition) is 0. The van der Waals surface area contributed by atoms with Crippen LogP contribution in [0.3, 0.4) is 0 Å². The fraction of sp³-hybridized carbons (Fsp3) is 0.280. The lowest BCUT2D eigenvalue weighted by atomic mass is 9.93. The van der Waals surface area contributed by atoms with E-state index in [1.54, 1.807) is 11.3 Å². The molecule has 2 amide bonds. The van der Waals surface area contributed by atoms with Crippen molar-refractivity contribution in [1.29, 1.82) is 0 Å². The fourth-order valence-electron chi connectivity index (χ4n) is 4.22. The van der Waals surface area contributed by atoms with Crippen LogP contribution < -0.4 is 0 Å². The van der Waals surface area contributed by atoms with Crippen LogP contribution in [0.5, 0.6) is 0 Å². The number of non-ortho nitro benzene ring substituents is 1. The van der Waals surface area contributed by atoms with Crippen LogP contribution in [0.15, 0.2) is 66.0 Å². The third-order valence-corrected chi connectivity index (χ3v) is 6.88. The average Bonchev–Trinajstić information content (AvgIpc) is 3.35. The van der Waals surface area contributed by atoms with E-state index in [0.29, 0.717) is 6.54 Å². The SMILES string of the molecule is COCCN(CC(=O)N1CCc2sccc2C1c1ccccc1)C(=O)c1cccc([N+](=O)[O-])c1. The molecule has 0 saturated heterocycles. The minimum atomic E-state index is -0.544. The van der Waals surface area contributed by atoms with Gasteiger partial charge in [0.25, 0.3) is 11.6 Å². The first kappa shape index (κ1) is 23.6. The summed E-state index contributed by atoms with van der Waals surface area (Å²) in [7, 11) is 1.52. The molecule has 1 aliphatic rings. The monoisotopic (exact) mass is 479 g/mol. The summed E-state index contributed by atoms with van der Waals surface area (Å²) in [6, 6.07) is 17.3. The minimum absolute atomic E-state index is 0.145. The topological polar surface area (TPSA) is 93.0 Å². The largest absolute Gasteiger partial charge is 0.383 e. The van der Waals surface area contributed by atoms with Gasteiger partial charge in [0.1, 0.15) is 6.54 Å². The number of thiophene rings is 1. The second-order valence-corrected chi connectivity index (χ2v) is 8.98. The van der Waals surface area contributed by atoms with E-state index < -0.39 is 10.8 Å². The smallest absolute Gasteiger partial charge is 0.270 e. The molecule has 176 valence electrons. The van der Waals surface area contributed by atoms with Gasteiger partial charge in [0.2, 0.25) is 5.91 Å². The summed E-state index contributed by atoms with van der Waals surface area (Å²) in [6.07, 6.45) is 0.763. The Bertz CT molecular complexity index is 1180. The lowest BCUT2D eigenvalue weighted by Gasteiger charge is -2.37. The number of amides is 2. The molecule has 0 saturated carbocycles. The van der Waals surface area contributed by atoms with Crippen LogP contribution in [0.25, 0.3) is 0 Å². The van der Waals surface area contributed by atoms with Crippen molar-refractivity contribution >= 4 is 28.8 Å². The van der Waals surface area contributed by atoms with Crippen molar-refractivity contribution in [2.75, 3.05) is 33.4 Å². The molecular weight excluding hydrogens is 454 g/mol. The zero-order chi connectivity index (χ0) is 24.1. The highest BCUT2D eigenvalue weighted by molar-refractivity contribution is 7.10. The molecule has 0 aliphatic carbocycles. The van der Waals surface area contributed by atoms with Crippen molar-refractivity contribution in [3.05, 3.63) is 97.7 Å². The number of nitro benzene ring substituents is 1. The number of hydrogen-bond acceptors (Lipinski definition) is 6. The maximum absolute atomic E-state index is 13.6. The first-order chi connectivity index (χ1) is 16.5. The summed E-state index contributed by atoms with van der Waals surface area (Å²) in [6.45, 7) is 0.838. The van der Waals surface area contributed by atoms with Gasteiger partial charge in [0.05, 0.1) is 17.6 Å². The summed E-state index contributed by atoms with van der Waals surface area (Å²) in [4.78, 5) is 41.9. The minimum Gasteiger partial charge on any atom is -0.383 e. The first-order valence-electron chi connectivity index (χ1n) is 10.9. The normalized spacial score (nSPS) is 15.0. The number of benzene rings is 2. The van der Waals surface area contributed by atoms with E-state index in [0.717, 1.165) is 17.5 Å². The van der Waals surface area contributed by atoms with E-state index >= 15 is 0 Å². The standard InChI is InChI=1S/C25H25N3O5S/c1-33-14-13-26(25(30)19-8-5-9-20(16-19)28(31)32)17-23(29)27-12-10-22-21(11-15-34-22)24(27)18-6-3-2-4-7-18/h2-9,11,15-16,24H,10,12-14,17H2,1H3. The molecule has 2 aromatic carbocycles. The zero-order valence-corrected chi connectivity index (χ0v) is 19.6. The average molecular weight is 480 g/mol. The molecule has 0 N–H and O–H groups in total. The fourth-order valence-corrected chi connectivity index (χ4v) is 5.13. The molecule has 0 fully saturated rings. The van der Waals surface area contributed by atoms with Gasteiger partial charge >= 0.3 is 0 Å². The van der Waals surface area contributed by atoms with Crippen LogP contribution in [0.4, 0.5) is 5.69 Å². The Morgan fingerprint density at radius 2 is 1.97 bits per heavy atom. The summed E-state index contributed by atoms with van der Waals surface area (Å²) in [5.74, 6) is -0.626. The molecule has 34 heavy (non-hydrogen) atoms. The van der Waals surface area contributed by atoms with Crippen molar-refractivity contribution in [1.82, 2.24) is 9.80 Å². The van der Waals surface area contributed by atoms with Crippen LogP contribution in [0.1, 0.15) is 32.4 Å². The van der Waals surface area contributed by atoms with Crippen molar-refractivity contribution in [2.24, 2.45) is 0 Å². The summed E-state index contributed by atoms with van der Waals surface area (Å²) in [5.41, 5.74) is 2.12. The molecule has 1 aromatic heterocycles. The van der Waals surface area contributed by atoms with E-state index in [-0.39, 0.29) is 42.9 Å². The van der Waals surface area contributed by atoms with Crippen LogP contribution in [0, 0.1) is 10.1 Å². The van der Waals surface area contributed by atoms with Crippen molar-refractivity contribution < 1.29 is 19.2 Å². The molecular formula is C25H25N3O5S. The van der Waals surface area contributed by atoms with Crippen molar-refractivity contribution in [2.45, 2.75) is 12.5 Å². The Kier molecular flexibility index (Phi) is 7.34. The zero-order valence-electron chi connectivity index (χ0n) is 18.8. The third-order valence-electron chi connectivity index (χ3n) is 5.88. The van der Waals surface area contributed by atoms with Gasteiger partial charge in [-0.15, -0.1) is 11.3 Å². The summed E-state index contributed by atoms with van der Waals surface area (Å²) < 4.78 is 5.15. The number of carbonyl (C=O) groups is 2. The molecule has 0 radical (unpaired) electrons. The van der Waals surface area contributed by atoms with Crippen LogP contribution in [-0.2, 0) is 16.0 Å². The maximum atomic E-state index is 13.6. The molecule has 3 aromatic rings. The first-order valence-corrected chi connectivity index (χ1v) is 11.8. The Morgan fingerprint density at radius 1 is 1.18 bits per heavy atom. The van der Waals surface area contributed by atoms with E-state index in [2.05, 4.69) is 6.07 Å². The summed E-state index contributed by atoms with van der Waals surface area (Å²) >= 11 is 1.69. The van der Waals surface area contributed by atoms with E-state index in [4.69, 9.17) is 4.74 Å². The van der Waals surface area contributed by atoms with Gasteiger partial charge < -0.3 is 14.5 Å². The van der Waals surface area contributed by atoms with Gasteiger partial charge in [0.15, 0.2) is 0 Å². The van der Waals surface area contributed by atoms with E-state index in [1.165, 1.54) is 41.2 Å². The molecule has 9 heteroatoms. The highest BCUT2D eigenvalue weighted by Gasteiger charge is 2.34. The molecule has 0 spiro atoms. The third kappa shape index (κ3) is 5.00. The van der Waals surface area contributed by atoms with Crippen LogP contribution in [0.2, 0.25) is 0 Å². The molecule has 2 heterocycles. The predicted octanol–water partition coefficient (Wildman–Crippen LogP) is 3.92. The highest BCUT2D eigenvalue weighted by Crippen LogP contribution is 2.37. The number of nitro groups is 1. The predicted molar refractivity (Wildman–Crippen MR) is 129 cm³/mol. The van der Waals surface area contributed by atoms with Crippen molar-refractivity contribution in [3.63, 3.8) is 0 Å². The number of ether oxygens (including phenoxy) is 1. The molecule has 1 unspecified atom stereocenters. The van der Waals surface area contributed by atoms with Gasteiger partial charge in [-0.3, -0.25) is 19.7 Å². The number of fused-ring (bicyclic) bond motifs is 1. The number of nitrogens with zero attached hydrogens (tertiary/aromatic N) is 3.